The minimum atomic E-state index is 0.129. The highest BCUT2D eigenvalue weighted by atomic mass is 79.9. The van der Waals surface area contributed by atoms with Gasteiger partial charge < -0.3 is 15.4 Å². The maximum Gasteiger partial charge on any atom is 0.220 e. The van der Waals surface area contributed by atoms with Crippen molar-refractivity contribution < 1.29 is 9.53 Å². The van der Waals surface area contributed by atoms with Gasteiger partial charge in [-0.05, 0) is 56.0 Å². The zero-order valence-electron chi connectivity index (χ0n) is 13.1. The predicted molar refractivity (Wildman–Crippen MR) is 92.0 cm³/mol. The second kappa shape index (κ2) is 9.16. The number of benzene rings is 1. The number of carbonyl (C=O) groups is 1. The standard InChI is InChI=1S/C17H25BrN2O2/c1-13(14-5-7-19-8-6-14)11-17(21)20-9-10-22-16-4-2-3-15(18)12-16/h2-4,12-14,19H,5-11H2,1H3,(H,20,21). The Morgan fingerprint density at radius 3 is 2.95 bits per heavy atom. The molecule has 2 rings (SSSR count). The van der Waals surface area contributed by atoms with Gasteiger partial charge in [0.25, 0.3) is 0 Å². The summed E-state index contributed by atoms with van der Waals surface area (Å²) in [6.45, 7) is 5.38. The molecule has 22 heavy (non-hydrogen) atoms. The van der Waals surface area contributed by atoms with Crippen molar-refractivity contribution in [3.05, 3.63) is 28.7 Å². The van der Waals surface area contributed by atoms with Gasteiger partial charge in [-0.15, -0.1) is 0 Å². The van der Waals surface area contributed by atoms with E-state index in [1.807, 2.05) is 24.3 Å². The van der Waals surface area contributed by atoms with E-state index in [4.69, 9.17) is 4.74 Å². The van der Waals surface area contributed by atoms with E-state index < -0.39 is 0 Å². The second-order valence-corrected chi connectivity index (χ2v) is 6.84. The van der Waals surface area contributed by atoms with Crippen LogP contribution >= 0.6 is 15.9 Å². The summed E-state index contributed by atoms with van der Waals surface area (Å²) in [4.78, 5) is 12.0. The lowest BCUT2D eigenvalue weighted by atomic mass is 9.84. The average Bonchev–Trinajstić information content (AvgIpc) is 2.52. The molecule has 1 aliphatic rings. The van der Waals surface area contributed by atoms with Crippen molar-refractivity contribution in [1.29, 1.82) is 0 Å². The summed E-state index contributed by atoms with van der Waals surface area (Å²) in [7, 11) is 0. The van der Waals surface area contributed by atoms with E-state index in [9.17, 15) is 4.79 Å². The lowest BCUT2D eigenvalue weighted by molar-refractivity contribution is -0.122. The van der Waals surface area contributed by atoms with Crippen molar-refractivity contribution >= 4 is 21.8 Å². The number of amides is 1. The Bertz CT molecular complexity index is 475. The number of halogens is 1. The molecule has 1 saturated heterocycles. The Labute approximate surface area is 141 Å². The molecule has 0 saturated carbocycles. The van der Waals surface area contributed by atoms with E-state index in [1.165, 1.54) is 12.8 Å². The third-order valence-electron chi connectivity index (χ3n) is 4.18. The number of carbonyl (C=O) groups excluding carboxylic acids is 1. The molecule has 0 spiro atoms. The fourth-order valence-corrected chi connectivity index (χ4v) is 3.24. The summed E-state index contributed by atoms with van der Waals surface area (Å²) in [5, 5.41) is 6.31. The molecule has 1 unspecified atom stereocenters. The van der Waals surface area contributed by atoms with Crippen LogP contribution in [0.2, 0.25) is 0 Å². The SMILES string of the molecule is CC(CC(=O)NCCOc1cccc(Br)c1)C1CCNCC1. The Hall–Kier alpha value is -1.07. The smallest absolute Gasteiger partial charge is 0.220 e. The Morgan fingerprint density at radius 2 is 2.23 bits per heavy atom. The molecule has 1 aromatic carbocycles. The van der Waals surface area contributed by atoms with Gasteiger partial charge in [-0.3, -0.25) is 4.79 Å². The normalized spacial score (nSPS) is 17.0. The van der Waals surface area contributed by atoms with Crippen molar-refractivity contribution in [3.63, 3.8) is 0 Å². The summed E-state index contributed by atoms with van der Waals surface area (Å²) in [6.07, 6.45) is 2.97. The molecule has 1 amide bonds. The number of ether oxygens (including phenoxy) is 1. The topological polar surface area (TPSA) is 50.4 Å². The number of rotatable bonds is 7. The van der Waals surface area contributed by atoms with Gasteiger partial charge in [-0.25, -0.2) is 0 Å². The molecule has 4 nitrogen and oxygen atoms in total. The molecular weight excluding hydrogens is 344 g/mol. The van der Waals surface area contributed by atoms with Gasteiger partial charge in [0, 0.05) is 10.9 Å². The molecule has 1 fully saturated rings. The van der Waals surface area contributed by atoms with Crippen LogP contribution in [0.15, 0.2) is 28.7 Å². The summed E-state index contributed by atoms with van der Waals surface area (Å²) >= 11 is 3.41. The largest absolute Gasteiger partial charge is 0.492 e. The van der Waals surface area contributed by atoms with Crippen LogP contribution in [0.5, 0.6) is 5.75 Å². The van der Waals surface area contributed by atoms with E-state index >= 15 is 0 Å². The predicted octanol–water partition coefficient (Wildman–Crippen LogP) is 2.97. The first-order valence-electron chi connectivity index (χ1n) is 8.01. The second-order valence-electron chi connectivity index (χ2n) is 5.92. The quantitative estimate of drug-likeness (QED) is 0.727. The van der Waals surface area contributed by atoms with Gasteiger partial charge in [0.2, 0.25) is 5.91 Å². The summed E-state index contributed by atoms with van der Waals surface area (Å²) in [5.74, 6) is 2.06. The summed E-state index contributed by atoms with van der Waals surface area (Å²) in [6, 6.07) is 7.71. The fourth-order valence-electron chi connectivity index (χ4n) is 2.86. The van der Waals surface area contributed by atoms with Crippen LogP contribution in [-0.4, -0.2) is 32.1 Å². The Balaban J connectivity index is 1.61. The minimum absolute atomic E-state index is 0.129. The highest BCUT2D eigenvalue weighted by molar-refractivity contribution is 9.10. The van der Waals surface area contributed by atoms with Crippen LogP contribution in [0.1, 0.15) is 26.2 Å². The van der Waals surface area contributed by atoms with Crippen LogP contribution in [-0.2, 0) is 4.79 Å². The van der Waals surface area contributed by atoms with Gasteiger partial charge in [0.05, 0.1) is 6.54 Å². The van der Waals surface area contributed by atoms with Gasteiger partial charge in [-0.2, -0.15) is 0 Å². The number of hydrogen-bond donors (Lipinski definition) is 2. The van der Waals surface area contributed by atoms with Gasteiger partial charge in [0.1, 0.15) is 12.4 Å². The number of piperidine rings is 1. The molecule has 0 bridgehead atoms. The molecule has 0 aliphatic carbocycles. The molecule has 1 aromatic rings. The van der Waals surface area contributed by atoms with E-state index in [0.717, 1.165) is 23.3 Å². The third-order valence-corrected chi connectivity index (χ3v) is 4.68. The van der Waals surface area contributed by atoms with Crippen LogP contribution < -0.4 is 15.4 Å². The van der Waals surface area contributed by atoms with E-state index in [2.05, 4.69) is 33.5 Å². The van der Waals surface area contributed by atoms with Crippen molar-refractivity contribution in [2.75, 3.05) is 26.2 Å². The van der Waals surface area contributed by atoms with E-state index in [1.54, 1.807) is 0 Å². The third kappa shape index (κ3) is 5.97. The zero-order valence-corrected chi connectivity index (χ0v) is 14.7. The molecule has 1 aliphatic heterocycles. The van der Waals surface area contributed by atoms with Crippen molar-refractivity contribution in [1.82, 2.24) is 10.6 Å². The lowest BCUT2D eigenvalue weighted by Crippen LogP contribution is -2.34. The first-order valence-corrected chi connectivity index (χ1v) is 8.80. The first-order chi connectivity index (χ1) is 10.6. The van der Waals surface area contributed by atoms with Gasteiger partial charge in [-0.1, -0.05) is 28.9 Å². The van der Waals surface area contributed by atoms with E-state index in [-0.39, 0.29) is 5.91 Å². The monoisotopic (exact) mass is 368 g/mol. The number of hydrogen-bond acceptors (Lipinski definition) is 3. The fraction of sp³-hybridized carbons (Fsp3) is 0.588. The highest BCUT2D eigenvalue weighted by Gasteiger charge is 2.21. The van der Waals surface area contributed by atoms with Gasteiger partial charge >= 0.3 is 0 Å². The molecular formula is C17H25BrN2O2. The molecule has 5 heteroatoms. The molecule has 1 atom stereocenters. The molecule has 2 N–H and O–H groups in total. The molecule has 0 aromatic heterocycles. The van der Waals surface area contributed by atoms with Gasteiger partial charge in [0.15, 0.2) is 0 Å². The maximum absolute atomic E-state index is 12.0. The Morgan fingerprint density at radius 1 is 1.45 bits per heavy atom. The maximum atomic E-state index is 12.0. The average molecular weight is 369 g/mol. The van der Waals surface area contributed by atoms with Crippen LogP contribution in [0.3, 0.4) is 0 Å². The van der Waals surface area contributed by atoms with Crippen molar-refractivity contribution in [3.8, 4) is 5.75 Å². The number of nitrogens with one attached hydrogen (secondary N) is 2. The van der Waals surface area contributed by atoms with Crippen molar-refractivity contribution in [2.45, 2.75) is 26.2 Å². The summed E-state index contributed by atoms with van der Waals surface area (Å²) < 4.78 is 6.60. The highest BCUT2D eigenvalue weighted by Crippen LogP contribution is 2.24. The Kier molecular flexibility index (Phi) is 7.19. The minimum Gasteiger partial charge on any atom is -0.492 e. The molecule has 1 heterocycles. The van der Waals surface area contributed by atoms with Crippen LogP contribution in [0.25, 0.3) is 0 Å². The van der Waals surface area contributed by atoms with Crippen LogP contribution in [0.4, 0.5) is 0 Å². The first kappa shape index (κ1) is 17.3. The zero-order chi connectivity index (χ0) is 15.8. The lowest BCUT2D eigenvalue weighted by Gasteiger charge is -2.27. The summed E-state index contributed by atoms with van der Waals surface area (Å²) in [5.41, 5.74) is 0. The van der Waals surface area contributed by atoms with E-state index in [0.29, 0.717) is 31.4 Å². The molecule has 122 valence electrons. The van der Waals surface area contributed by atoms with Crippen LogP contribution in [0, 0.1) is 11.8 Å². The molecule has 0 radical (unpaired) electrons. The van der Waals surface area contributed by atoms with Crippen molar-refractivity contribution in [2.24, 2.45) is 11.8 Å².